The Morgan fingerprint density at radius 2 is 1.86 bits per heavy atom. The molecule has 1 fully saturated rings. The van der Waals surface area contributed by atoms with Gasteiger partial charge in [-0.25, -0.2) is 4.79 Å². The van der Waals surface area contributed by atoms with Gasteiger partial charge in [-0.15, -0.1) is 0 Å². The van der Waals surface area contributed by atoms with Crippen LogP contribution in [0.3, 0.4) is 0 Å². The lowest BCUT2D eigenvalue weighted by Gasteiger charge is -2.22. The quantitative estimate of drug-likeness (QED) is 0.609. The number of hydrogen-bond acceptors (Lipinski definition) is 4. The van der Waals surface area contributed by atoms with E-state index in [-0.39, 0.29) is 0 Å². The summed E-state index contributed by atoms with van der Waals surface area (Å²) in [4.78, 5) is 49.4. The molecule has 2 aromatic rings. The molecule has 28 heavy (non-hydrogen) atoms. The number of rotatable bonds is 5. The Bertz CT molecular complexity index is 976. The molecule has 5 amide bonds. The molecule has 0 saturated carbocycles. The normalized spacial score (nSPS) is 18.7. The Morgan fingerprint density at radius 3 is 2.46 bits per heavy atom. The van der Waals surface area contributed by atoms with E-state index in [1.54, 1.807) is 25.1 Å². The van der Waals surface area contributed by atoms with E-state index in [4.69, 9.17) is 5.73 Å². The highest BCUT2D eigenvalue weighted by Gasteiger charge is 2.49. The summed E-state index contributed by atoms with van der Waals surface area (Å²) >= 11 is 3.34. The lowest BCUT2D eigenvalue weighted by Crippen LogP contribution is -2.42. The SMILES string of the molecule is CC1(c2cccc(Br)c2)NC(=O)N(CC(=O)Nc2ccc(C(N)=O)cc2)C1=O. The highest BCUT2D eigenvalue weighted by Crippen LogP contribution is 2.30. The summed E-state index contributed by atoms with van der Waals surface area (Å²) in [7, 11) is 0. The Morgan fingerprint density at radius 1 is 1.18 bits per heavy atom. The van der Waals surface area contributed by atoms with Gasteiger partial charge >= 0.3 is 6.03 Å². The van der Waals surface area contributed by atoms with Crippen LogP contribution in [0.1, 0.15) is 22.8 Å². The number of anilines is 1. The van der Waals surface area contributed by atoms with Crippen molar-refractivity contribution in [3.8, 4) is 0 Å². The van der Waals surface area contributed by atoms with E-state index in [2.05, 4.69) is 26.6 Å². The fraction of sp³-hybridized carbons (Fsp3) is 0.158. The van der Waals surface area contributed by atoms with Crippen molar-refractivity contribution in [1.29, 1.82) is 0 Å². The van der Waals surface area contributed by atoms with Crippen LogP contribution in [0.25, 0.3) is 0 Å². The van der Waals surface area contributed by atoms with Crippen LogP contribution in [0.4, 0.5) is 10.5 Å². The summed E-state index contributed by atoms with van der Waals surface area (Å²) < 4.78 is 0.767. The molecule has 1 aliphatic heterocycles. The number of amides is 5. The van der Waals surface area contributed by atoms with Crippen molar-refractivity contribution in [2.75, 3.05) is 11.9 Å². The zero-order valence-corrected chi connectivity index (χ0v) is 16.4. The summed E-state index contributed by atoms with van der Waals surface area (Å²) in [6.07, 6.45) is 0. The van der Waals surface area contributed by atoms with Gasteiger partial charge in [-0.05, 0) is 48.9 Å². The van der Waals surface area contributed by atoms with E-state index in [1.165, 1.54) is 24.3 Å². The van der Waals surface area contributed by atoms with Crippen molar-refractivity contribution in [1.82, 2.24) is 10.2 Å². The van der Waals surface area contributed by atoms with E-state index < -0.39 is 35.8 Å². The molecule has 1 heterocycles. The second-order valence-electron chi connectivity index (χ2n) is 6.45. The van der Waals surface area contributed by atoms with Gasteiger partial charge in [0, 0.05) is 15.7 Å². The lowest BCUT2D eigenvalue weighted by molar-refractivity contribution is -0.133. The fourth-order valence-electron chi connectivity index (χ4n) is 2.90. The summed E-state index contributed by atoms with van der Waals surface area (Å²) in [5.41, 5.74) is 5.23. The van der Waals surface area contributed by atoms with Crippen LogP contribution in [-0.4, -0.2) is 35.2 Å². The zero-order chi connectivity index (χ0) is 20.5. The minimum absolute atomic E-state index is 0.303. The highest BCUT2D eigenvalue weighted by atomic mass is 79.9. The van der Waals surface area contributed by atoms with Crippen LogP contribution < -0.4 is 16.4 Å². The van der Waals surface area contributed by atoms with E-state index >= 15 is 0 Å². The molecule has 0 bridgehead atoms. The number of nitrogens with two attached hydrogens (primary N) is 1. The van der Waals surface area contributed by atoms with Crippen molar-refractivity contribution < 1.29 is 19.2 Å². The fourth-order valence-corrected chi connectivity index (χ4v) is 3.30. The molecule has 1 saturated heterocycles. The largest absolute Gasteiger partial charge is 0.366 e. The summed E-state index contributed by atoms with van der Waals surface area (Å²) in [5.74, 6) is -1.65. The van der Waals surface area contributed by atoms with Crippen LogP contribution in [0.15, 0.2) is 53.0 Å². The van der Waals surface area contributed by atoms with Gasteiger partial charge in [0.1, 0.15) is 12.1 Å². The predicted octanol–water partition coefficient (Wildman–Crippen LogP) is 1.95. The van der Waals surface area contributed by atoms with Crippen LogP contribution in [0.5, 0.6) is 0 Å². The maximum atomic E-state index is 12.9. The first-order valence-electron chi connectivity index (χ1n) is 8.30. The van der Waals surface area contributed by atoms with Gasteiger partial charge in [0.2, 0.25) is 11.8 Å². The molecule has 1 atom stereocenters. The number of nitrogens with zero attached hydrogens (tertiary/aromatic N) is 1. The third-order valence-electron chi connectivity index (χ3n) is 4.43. The number of nitrogens with one attached hydrogen (secondary N) is 2. The minimum Gasteiger partial charge on any atom is -0.366 e. The third-order valence-corrected chi connectivity index (χ3v) is 4.93. The number of carbonyl (C=O) groups is 4. The molecule has 3 rings (SSSR count). The van der Waals surface area contributed by atoms with Crippen molar-refractivity contribution in [2.24, 2.45) is 5.73 Å². The molecule has 2 aromatic carbocycles. The Labute approximate surface area is 169 Å². The Kier molecular flexibility index (Phi) is 5.19. The molecule has 4 N–H and O–H groups in total. The van der Waals surface area contributed by atoms with Crippen LogP contribution >= 0.6 is 15.9 Å². The van der Waals surface area contributed by atoms with Gasteiger partial charge in [-0.2, -0.15) is 0 Å². The topological polar surface area (TPSA) is 122 Å². The van der Waals surface area contributed by atoms with Gasteiger partial charge < -0.3 is 16.4 Å². The molecule has 1 aliphatic rings. The predicted molar refractivity (Wildman–Crippen MR) is 105 cm³/mol. The van der Waals surface area contributed by atoms with Crippen LogP contribution in [0, 0.1) is 0 Å². The maximum Gasteiger partial charge on any atom is 0.325 e. The van der Waals surface area contributed by atoms with Crippen molar-refractivity contribution >= 4 is 45.4 Å². The molecular formula is C19H17BrN4O4. The minimum atomic E-state index is -1.26. The smallest absolute Gasteiger partial charge is 0.325 e. The average Bonchev–Trinajstić information content (AvgIpc) is 2.86. The van der Waals surface area contributed by atoms with Gasteiger partial charge in [-0.1, -0.05) is 28.1 Å². The Balaban J connectivity index is 1.72. The van der Waals surface area contributed by atoms with Gasteiger partial charge in [-0.3, -0.25) is 19.3 Å². The Hall–Kier alpha value is -3.20. The zero-order valence-electron chi connectivity index (χ0n) is 14.9. The molecule has 0 spiro atoms. The van der Waals surface area contributed by atoms with E-state index in [9.17, 15) is 19.2 Å². The molecule has 0 aliphatic carbocycles. The first kappa shape index (κ1) is 19.6. The van der Waals surface area contributed by atoms with Crippen LogP contribution in [-0.2, 0) is 15.1 Å². The monoisotopic (exact) mass is 444 g/mol. The molecular weight excluding hydrogens is 428 g/mol. The molecule has 0 radical (unpaired) electrons. The number of urea groups is 1. The highest BCUT2D eigenvalue weighted by molar-refractivity contribution is 9.10. The number of benzene rings is 2. The third kappa shape index (κ3) is 3.74. The first-order chi connectivity index (χ1) is 13.2. The number of carbonyl (C=O) groups excluding carboxylic acids is 4. The van der Waals surface area contributed by atoms with Gasteiger partial charge in [0.05, 0.1) is 0 Å². The molecule has 0 aromatic heterocycles. The number of primary amides is 1. The van der Waals surface area contributed by atoms with Crippen molar-refractivity contribution in [3.63, 3.8) is 0 Å². The van der Waals surface area contributed by atoms with E-state index in [0.717, 1.165) is 9.37 Å². The second kappa shape index (κ2) is 7.43. The summed E-state index contributed by atoms with van der Waals surface area (Å²) in [6.45, 7) is 1.15. The van der Waals surface area contributed by atoms with Crippen molar-refractivity contribution in [3.05, 3.63) is 64.1 Å². The van der Waals surface area contributed by atoms with Gasteiger partial charge in [0.15, 0.2) is 0 Å². The second-order valence-corrected chi connectivity index (χ2v) is 7.36. The van der Waals surface area contributed by atoms with Gasteiger partial charge in [0.25, 0.3) is 5.91 Å². The van der Waals surface area contributed by atoms with Crippen molar-refractivity contribution in [2.45, 2.75) is 12.5 Å². The molecule has 1 unspecified atom stereocenters. The molecule has 144 valence electrons. The summed E-state index contributed by atoms with van der Waals surface area (Å²) in [5, 5.41) is 5.23. The number of halogens is 1. The van der Waals surface area contributed by atoms with E-state index in [0.29, 0.717) is 16.8 Å². The number of hydrogen-bond donors (Lipinski definition) is 3. The standard InChI is InChI=1S/C19H17BrN4O4/c1-19(12-3-2-4-13(20)9-12)17(27)24(18(28)23-19)10-15(25)22-14-7-5-11(6-8-14)16(21)26/h2-9H,10H2,1H3,(H2,21,26)(H,22,25)(H,23,28). The molecule has 8 nitrogen and oxygen atoms in total. The molecule has 9 heteroatoms. The maximum absolute atomic E-state index is 12.9. The van der Waals surface area contributed by atoms with Crippen LogP contribution in [0.2, 0.25) is 0 Å². The number of imide groups is 1. The van der Waals surface area contributed by atoms with E-state index in [1.807, 2.05) is 6.07 Å². The summed E-state index contributed by atoms with van der Waals surface area (Å²) in [6, 6.07) is 12.3. The first-order valence-corrected chi connectivity index (χ1v) is 9.10. The lowest BCUT2D eigenvalue weighted by atomic mass is 9.92. The average molecular weight is 445 g/mol.